The Kier molecular flexibility index (Phi) is 38.2. The Morgan fingerprint density at radius 2 is 0.887 bits per heavy atom. The van der Waals surface area contributed by atoms with E-state index in [1.54, 1.807) is 6.08 Å². The van der Waals surface area contributed by atoms with Crippen LogP contribution in [0.3, 0.4) is 0 Å². The molecule has 0 aliphatic carbocycles. The zero-order valence-electron chi connectivity index (χ0n) is 33.7. The van der Waals surface area contributed by atoms with E-state index < -0.39 is 12.1 Å². The minimum atomic E-state index is -0.826. The van der Waals surface area contributed by atoms with E-state index in [2.05, 4.69) is 57.2 Å². The number of unbranched alkanes of at least 4 members (excludes halogenated alkanes) is 13. The van der Waals surface area contributed by atoms with Gasteiger partial charge in [-0.2, -0.15) is 0 Å². The van der Waals surface area contributed by atoms with Crippen LogP contribution in [0, 0.1) is 0 Å². The first-order chi connectivity index (χ1) is 26.0. The predicted molar refractivity (Wildman–Crippen MR) is 224 cm³/mol. The lowest BCUT2D eigenvalue weighted by atomic mass is 10.1. The molecule has 6 heteroatoms. The van der Waals surface area contributed by atoms with E-state index in [9.17, 15) is 14.4 Å². The third kappa shape index (κ3) is 39.4. The standard InChI is InChI=1S/C47H74O6/c1-4-7-10-13-16-19-21-22-23-24-26-28-31-34-37-40-46(49)52-43-44(42-51-45(48)39-36-33-30-27-18-15-12-9-6-3)53-47(50)41-38-35-32-29-25-20-17-14-11-8-5-2/h7,9-10,12-13,16,18-19,21-24,26-27,33,36,44H,4-6,8,11,14-15,17,20,25,28-32,34-35,37-43H2,1-3H3/b10-7-,12-9-,16-13-,21-19-,23-22-,26-24-,27-18-,36-33-. The number of ether oxygens (including phenoxy) is 3. The van der Waals surface area contributed by atoms with Gasteiger partial charge in [-0.15, -0.1) is 0 Å². The van der Waals surface area contributed by atoms with Gasteiger partial charge < -0.3 is 14.2 Å². The summed E-state index contributed by atoms with van der Waals surface area (Å²) in [6.45, 7) is 6.19. The van der Waals surface area contributed by atoms with Crippen LogP contribution in [0.2, 0.25) is 0 Å². The SMILES string of the molecule is CC\C=C/C=C\C=C/C=C\C=C/CCCCCC(=O)OCC(COC(=O)C/C=C\C/C=C\C/C=C\CC)OC(=O)CCCCCCCCCCCCC. The van der Waals surface area contributed by atoms with Crippen LogP contribution in [0.4, 0.5) is 0 Å². The van der Waals surface area contributed by atoms with E-state index >= 15 is 0 Å². The van der Waals surface area contributed by atoms with Crippen LogP contribution in [0.25, 0.3) is 0 Å². The summed E-state index contributed by atoms with van der Waals surface area (Å²) >= 11 is 0. The van der Waals surface area contributed by atoms with E-state index in [1.165, 1.54) is 51.4 Å². The number of allylic oxidation sites excluding steroid dienone is 15. The molecule has 298 valence electrons. The molecule has 0 aromatic heterocycles. The molecule has 0 radical (unpaired) electrons. The molecule has 53 heavy (non-hydrogen) atoms. The van der Waals surface area contributed by atoms with Crippen molar-refractivity contribution < 1.29 is 28.6 Å². The molecule has 0 N–H and O–H groups in total. The summed E-state index contributed by atoms with van der Waals surface area (Å²) < 4.78 is 16.5. The Bertz CT molecular complexity index is 1120. The Labute approximate surface area is 324 Å². The van der Waals surface area contributed by atoms with Crippen molar-refractivity contribution in [3.8, 4) is 0 Å². The Morgan fingerprint density at radius 3 is 1.47 bits per heavy atom. The number of carbonyl (C=O) groups is 3. The van der Waals surface area contributed by atoms with Crippen molar-refractivity contribution in [2.75, 3.05) is 13.2 Å². The quantitative estimate of drug-likeness (QED) is 0.0212. The van der Waals surface area contributed by atoms with Gasteiger partial charge in [-0.1, -0.05) is 189 Å². The van der Waals surface area contributed by atoms with Crippen LogP contribution in [0.15, 0.2) is 97.2 Å². The first kappa shape index (κ1) is 49.3. The molecular weight excluding hydrogens is 661 g/mol. The van der Waals surface area contributed by atoms with Gasteiger partial charge in [0.2, 0.25) is 0 Å². The summed E-state index contributed by atoms with van der Waals surface area (Å²) in [5, 5.41) is 0. The van der Waals surface area contributed by atoms with Gasteiger partial charge in [-0.05, 0) is 51.4 Å². The van der Waals surface area contributed by atoms with E-state index in [-0.39, 0.29) is 31.6 Å². The topological polar surface area (TPSA) is 78.9 Å². The van der Waals surface area contributed by atoms with E-state index in [0.29, 0.717) is 12.8 Å². The molecule has 0 bridgehead atoms. The summed E-state index contributed by atoms with van der Waals surface area (Å²) in [7, 11) is 0. The highest BCUT2D eigenvalue weighted by atomic mass is 16.6. The number of hydrogen-bond donors (Lipinski definition) is 0. The molecule has 1 atom stereocenters. The number of rotatable bonds is 35. The second kappa shape index (κ2) is 41.1. The van der Waals surface area contributed by atoms with Crippen molar-refractivity contribution in [1.29, 1.82) is 0 Å². The van der Waals surface area contributed by atoms with Gasteiger partial charge in [0.1, 0.15) is 13.2 Å². The second-order valence-corrected chi connectivity index (χ2v) is 13.3. The van der Waals surface area contributed by atoms with Crippen LogP contribution < -0.4 is 0 Å². The van der Waals surface area contributed by atoms with E-state index in [0.717, 1.165) is 70.6 Å². The lowest BCUT2D eigenvalue weighted by Gasteiger charge is -2.18. The normalized spacial score (nSPS) is 13.0. The fourth-order valence-corrected chi connectivity index (χ4v) is 5.17. The van der Waals surface area contributed by atoms with Gasteiger partial charge in [0, 0.05) is 12.8 Å². The molecule has 0 aliphatic rings. The van der Waals surface area contributed by atoms with E-state index in [1.807, 2.05) is 54.7 Å². The highest BCUT2D eigenvalue weighted by Crippen LogP contribution is 2.13. The maximum atomic E-state index is 12.6. The fourth-order valence-electron chi connectivity index (χ4n) is 5.17. The summed E-state index contributed by atoms with van der Waals surface area (Å²) in [6.07, 6.45) is 52.8. The fraction of sp³-hybridized carbons (Fsp3) is 0.596. The average Bonchev–Trinajstić information content (AvgIpc) is 3.15. The maximum absolute atomic E-state index is 12.6. The molecular formula is C47H74O6. The highest BCUT2D eigenvalue weighted by molar-refractivity contribution is 5.72. The van der Waals surface area contributed by atoms with Crippen molar-refractivity contribution in [1.82, 2.24) is 0 Å². The van der Waals surface area contributed by atoms with Crippen molar-refractivity contribution >= 4 is 17.9 Å². The maximum Gasteiger partial charge on any atom is 0.309 e. The number of carbonyl (C=O) groups excluding carboxylic acids is 3. The van der Waals surface area contributed by atoms with Crippen LogP contribution in [0.1, 0.15) is 162 Å². The van der Waals surface area contributed by atoms with Gasteiger partial charge in [-0.3, -0.25) is 14.4 Å². The van der Waals surface area contributed by atoms with Gasteiger partial charge >= 0.3 is 17.9 Å². The smallest absolute Gasteiger partial charge is 0.309 e. The van der Waals surface area contributed by atoms with Gasteiger partial charge in [0.05, 0.1) is 6.42 Å². The molecule has 0 fully saturated rings. The second-order valence-electron chi connectivity index (χ2n) is 13.3. The largest absolute Gasteiger partial charge is 0.462 e. The molecule has 0 rings (SSSR count). The summed E-state index contributed by atoms with van der Waals surface area (Å²) in [4.78, 5) is 37.5. The van der Waals surface area contributed by atoms with Crippen LogP contribution in [0.5, 0.6) is 0 Å². The summed E-state index contributed by atoms with van der Waals surface area (Å²) in [5.41, 5.74) is 0. The first-order valence-electron chi connectivity index (χ1n) is 20.8. The Hall–Kier alpha value is -3.67. The van der Waals surface area contributed by atoms with Crippen molar-refractivity contribution in [2.24, 2.45) is 0 Å². The van der Waals surface area contributed by atoms with Gasteiger partial charge in [-0.25, -0.2) is 0 Å². The number of hydrogen-bond acceptors (Lipinski definition) is 6. The van der Waals surface area contributed by atoms with Crippen LogP contribution >= 0.6 is 0 Å². The van der Waals surface area contributed by atoms with Crippen molar-refractivity contribution in [3.63, 3.8) is 0 Å². The van der Waals surface area contributed by atoms with Gasteiger partial charge in [0.25, 0.3) is 0 Å². The number of esters is 3. The molecule has 0 aromatic carbocycles. The third-order valence-electron chi connectivity index (χ3n) is 8.24. The molecule has 6 nitrogen and oxygen atoms in total. The molecule has 0 saturated heterocycles. The Balaban J connectivity index is 4.54. The lowest BCUT2D eigenvalue weighted by Crippen LogP contribution is -2.30. The molecule has 0 aliphatic heterocycles. The van der Waals surface area contributed by atoms with Crippen molar-refractivity contribution in [2.45, 2.75) is 168 Å². The monoisotopic (exact) mass is 735 g/mol. The summed E-state index contributed by atoms with van der Waals surface area (Å²) in [6, 6.07) is 0. The van der Waals surface area contributed by atoms with E-state index in [4.69, 9.17) is 14.2 Å². The molecule has 1 unspecified atom stereocenters. The summed E-state index contributed by atoms with van der Waals surface area (Å²) in [5.74, 6) is -1.11. The molecule has 0 aromatic rings. The third-order valence-corrected chi connectivity index (χ3v) is 8.24. The van der Waals surface area contributed by atoms with Crippen LogP contribution in [-0.2, 0) is 28.6 Å². The zero-order chi connectivity index (χ0) is 38.7. The van der Waals surface area contributed by atoms with Crippen molar-refractivity contribution in [3.05, 3.63) is 97.2 Å². The van der Waals surface area contributed by atoms with Crippen LogP contribution in [-0.4, -0.2) is 37.2 Å². The highest BCUT2D eigenvalue weighted by Gasteiger charge is 2.19. The van der Waals surface area contributed by atoms with Gasteiger partial charge in [0.15, 0.2) is 6.10 Å². The molecule has 0 heterocycles. The lowest BCUT2D eigenvalue weighted by molar-refractivity contribution is -0.166. The molecule has 0 saturated carbocycles. The minimum absolute atomic E-state index is 0.125. The molecule has 0 spiro atoms. The average molecular weight is 735 g/mol. The minimum Gasteiger partial charge on any atom is -0.462 e. The first-order valence-corrected chi connectivity index (χ1v) is 20.8. The Morgan fingerprint density at radius 1 is 0.434 bits per heavy atom. The predicted octanol–water partition coefficient (Wildman–Crippen LogP) is 13.1. The molecule has 0 amide bonds. The zero-order valence-corrected chi connectivity index (χ0v) is 33.7.